The van der Waals surface area contributed by atoms with Crippen molar-refractivity contribution in [3.05, 3.63) is 36.9 Å². The molecule has 2 aromatic rings. The van der Waals surface area contributed by atoms with Crippen LogP contribution in [0, 0.1) is 0 Å². The van der Waals surface area contributed by atoms with E-state index in [0.29, 0.717) is 6.04 Å². The standard InChI is InChI=1S/C15H20N6O/c1-19(2)14-7-8-20(9-14)15(22)18-12-3-5-13(6-4-12)21-11-16-10-17-21/h3-6,10-11,14H,7-9H2,1-2H3,(H,18,22)/t14-/m0/s1. The first-order valence-corrected chi connectivity index (χ1v) is 7.31. The zero-order valence-electron chi connectivity index (χ0n) is 12.8. The second-order valence-electron chi connectivity index (χ2n) is 5.67. The highest BCUT2D eigenvalue weighted by Gasteiger charge is 2.27. The van der Waals surface area contributed by atoms with Crippen LogP contribution in [-0.4, -0.2) is 63.8 Å². The topological polar surface area (TPSA) is 66.3 Å². The first-order valence-electron chi connectivity index (χ1n) is 7.31. The average molecular weight is 300 g/mol. The van der Waals surface area contributed by atoms with Crippen LogP contribution in [0.1, 0.15) is 6.42 Å². The minimum atomic E-state index is -0.0437. The number of benzene rings is 1. The lowest BCUT2D eigenvalue weighted by atomic mass is 10.2. The summed E-state index contributed by atoms with van der Waals surface area (Å²) < 4.78 is 1.67. The Bertz CT molecular complexity index is 622. The van der Waals surface area contributed by atoms with Crippen molar-refractivity contribution in [3.63, 3.8) is 0 Å². The van der Waals surface area contributed by atoms with Crippen LogP contribution in [-0.2, 0) is 0 Å². The molecule has 0 unspecified atom stereocenters. The molecule has 7 nitrogen and oxygen atoms in total. The van der Waals surface area contributed by atoms with Gasteiger partial charge in [-0.2, -0.15) is 5.10 Å². The van der Waals surface area contributed by atoms with E-state index in [0.717, 1.165) is 30.9 Å². The number of aromatic nitrogens is 3. The fourth-order valence-corrected chi connectivity index (χ4v) is 2.59. The van der Waals surface area contributed by atoms with Crippen LogP contribution >= 0.6 is 0 Å². The summed E-state index contributed by atoms with van der Waals surface area (Å²) in [6.45, 7) is 1.57. The van der Waals surface area contributed by atoms with Crippen LogP contribution in [0.5, 0.6) is 0 Å². The van der Waals surface area contributed by atoms with Gasteiger partial charge in [-0.1, -0.05) is 0 Å². The van der Waals surface area contributed by atoms with Crippen LogP contribution in [0.3, 0.4) is 0 Å². The molecule has 1 atom stereocenters. The van der Waals surface area contributed by atoms with Crippen molar-refractivity contribution in [1.82, 2.24) is 24.6 Å². The quantitative estimate of drug-likeness (QED) is 0.931. The summed E-state index contributed by atoms with van der Waals surface area (Å²) in [5.74, 6) is 0. The lowest BCUT2D eigenvalue weighted by Crippen LogP contribution is -2.36. The minimum absolute atomic E-state index is 0.0437. The summed E-state index contributed by atoms with van der Waals surface area (Å²) in [6, 6.07) is 7.94. The number of amides is 2. The second kappa shape index (κ2) is 6.15. The van der Waals surface area contributed by atoms with Gasteiger partial charge in [0.15, 0.2) is 0 Å². The van der Waals surface area contributed by atoms with E-state index < -0.39 is 0 Å². The minimum Gasteiger partial charge on any atom is -0.323 e. The Labute approximate surface area is 129 Å². The maximum absolute atomic E-state index is 12.3. The van der Waals surface area contributed by atoms with Gasteiger partial charge in [0, 0.05) is 24.8 Å². The first kappa shape index (κ1) is 14.5. The third-order valence-corrected chi connectivity index (χ3v) is 3.98. The molecule has 22 heavy (non-hydrogen) atoms. The Hall–Kier alpha value is -2.41. The molecule has 1 aromatic carbocycles. The van der Waals surface area contributed by atoms with Crippen LogP contribution in [0.4, 0.5) is 10.5 Å². The lowest BCUT2D eigenvalue weighted by molar-refractivity contribution is 0.216. The summed E-state index contributed by atoms with van der Waals surface area (Å²) in [4.78, 5) is 20.2. The molecule has 1 N–H and O–H groups in total. The first-order chi connectivity index (χ1) is 10.6. The SMILES string of the molecule is CN(C)[C@H]1CCN(C(=O)Nc2ccc(-n3cncn3)cc2)C1. The van der Waals surface area contributed by atoms with E-state index in [-0.39, 0.29) is 6.03 Å². The van der Waals surface area contributed by atoms with E-state index in [4.69, 9.17) is 0 Å². The Morgan fingerprint density at radius 3 is 2.68 bits per heavy atom. The van der Waals surface area contributed by atoms with Gasteiger partial charge in [-0.15, -0.1) is 0 Å². The molecule has 0 aliphatic carbocycles. The van der Waals surface area contributed by atoms with Crippen LogP contribution < -0.4 is 5.32 Å². The molecule has 3 rings (SSSR count). The van der Waals surface area contributed by atoms with Gasteiger partial charge < -0.3 is 15.1 Å². The van der Waals surface area contributed by atoms with Gasteiger partial charge >= 0.3 is 6.03 Å². The van der Waals surface area contributed by atoms with Crippen molar-refractivity contribution in [3.8, 4) is 5.69 Å². The molecular weight excluding hydrogens is 280 g/mol. The number of hydrogen-bond donors (Lipinski definition) is 1. The van der Waals surface area contributed by atoms with Gasteiger partial charge in [0.25, 0.3) is 0 Å². The van der Waals surface area contributed by atoms with E-state index in [2.05, 4.69) is 34.4 Å². The Morgan fingerprint density at radius 1 is 1.32 bits per heavy atom. The summed E-state index contributed by atoms with van der Waals surface area (Å²) in [6.07, 6.45) is 4.15. The van der Waals surface area contributed by atoms with Gasteiger partial charge in [0.2, 0.25) is 0 Å². The molecule has 0 saturated carbocycles. The molecule has 0 bridgehead atoms. The molecule has 116 valence electrons. The number of carbonyl (C=O) groups is 1. The van der Waals surface area contributed by atoms with Crippen molar-refractivity contribution < 1.29 is 4.79 Å². The fourth-order valence-electron chi connectivity index (χ4n) is 2.59. The molecule has 1 aliphatic heterocycles. The lowest BCUT2D eigenvalue weighted by Gasteiger charge is -2.20. The number of anilines is 1. The number of likely N-dealkylation sites (tertiary alicyclic amines) is 1. The monoisotopic (exact) mass is 300 g/mol. The van der Waals surface area contributed by atoms with E-state index >= 15 is 0 Å². The molecule has 1 aliphatic rings. The van der Waals surface area contributed by atoms with Gasteiger partial charge in [-0.3, -0.25) is 0 Å². The van der Waals surface area contributed by atoms with Crippen molar-refractivity contribution in [2.45, 2.75) is 12.5 Å². The third kappa shape index (κ3) is 3.09. The Balaban J connectivity index is 1.60. The smallest absolute Gasteiger partial charge is 0.321 e. The highest BCUT2D eigenvalue weighted by Crippen LogP contribution is 2.16. The predicted octanol–water partition coefficient (Wildman–Crippen LogP) is 1.44. The van der Waals surface area contributed by atoms with Gasteiger partial charge in [-0.05, 0) is 44.8 Å². The van der Waals surface area contributed by atoms with E-state index in [1.54, 1.807) is 11.0 Å². The van der Waals surface area contributed by atoms with Gasteiger partial charge in [0.1, 0.15) is 12.7 Å². The molecular formula is C15H20N6O. The Kier molecular flexibility index (Phi) is 4.06. The number of urea groups is 1. The summed E-state index contributed by atoms with van der Waals surface area (Å²) in [5, 5.41) is 7.01. The summed E-state index contributed by atoms with van der Waals surface area (Å²) >= 11 is 0. The van der Waals surface area contributed by atoms with Crippen LogP contribution in [0.2, 0.25) is 0 Å². The van der Waals surface area contributed by atoms with Gasteiger partial charge in [-0.25, -0.2) is 14.5 Å². The highest BCUT2D eigenvalue weighted by molar-refractivity contribution is 5.89. The van der Waals surface area contributed by atoms with Crippen molar-refractivity contribution in [2.24, 2.45) is 0 Å². The largest absolute Gasteiger partial charge is 0.323 e. The molecule has 2 heterocycles. The third-order valence-electron chi connectivity index (χ3n) is 3.98. The van der Waals surface area contributed by atoms with Gasteiger partial charge in [0.05, 0.1) is 5.69 Å². The van der Waals surface area contributed by atoms with E-state index in [1.807, 2.05) is 29.2 Å². The number of nitrogens with one attached hydrogen (secondary N) is 1. The summed E-state index contributed by atoms with van der Waals surface area (Å²) in [7, 11) is 4.10. The number of likely N-dealkylation sites (N-methyl/N-ethyl adjacent to an activating group) is 1. The zero-order chi connectivity index (χ0) is 15.5. The maximum Gasteiger partial charge on any atom is 0.321 e. The molecule has 1 fully saturated rings. The Morgan fingerprint density at radius 2 is 2.09 bits per heavy atom. The van der Waals surface area contributed by atoms with Crippen molar-refractivity contribution in [1.29, 1.82) is 0 Å². The molecule has 2 amide bonds. The maximum atomic E-state index is 12.3. The van der Waals surface area contributed by atoms with E-state index in [1.165, 1.54) is 6.33 Å². The normalized spacial score (nSPS) is 18.0. The predicted molar refractivity (Wildman–Crippen MR) is 84.0 cm³/mol. The molecule has 0 spiro atoms. The van der Waals surface area contributed by atoms with Crippen LogP contribution in [0.15, 0.2) is 36.9 Å². The molecule has 1 aromatic heterocycles. The molecule has 1 saturated heterocycles. The molecule has 7 heteroatoms. The summed E-state index contributed by atoms with van der Waals surface area (Å²) in [5.41, 5.74) is 1.69. The second-order valence-corrected chi connectivity index (χ2v) is 5.67. The number of carbonyl (C=O) groups excluding carboxylic acids is 1. The van der Waals surface area contributed by atoms with Crippen molar-refractivity contribution in [2.75, 3.05) is 32.5 Å². The number of nitrogens with zero attached hydrogens (tertiary/aromatic N) is 5. The molecule has 0 radical (unpaired) electrons. The average Bonchev–Trinajstić information content (AvgIpc) is 3.20. The highest BCUT2D eigenvalue weighted by atomic mass is 16.2. The van der Waals surface area contributed by atoms with Crippen molar-refractivity contribution >= 4 is 11.7 Å². The number of rotatable bonds is 3. The fraction of sp³-hybridized carbons (Fsp3) is 0.400. The van der Waals surface area contributed by atoms with Crippen LogP contribution in [0.25, 0.3) is 5.69 Å². The number of hydrogen-bond acceptors (Lipinski definition) is 4. The zero-order valence-corrected chi connectivity index (χ0v) is 12.8. The van der Waals surface area contributed by atoms with E-state index in [9.17, 15) is 4.79 Å².